The highest BCUT2D eigenvalue weighted by atomic mass is 28.4. The highest BCUT2D eigenvalue weighted by Crippen LogP contribution is 2.47. The van der Waals surface area contributed by atoms with E-state index in [-0.39, 0.29) is 121 Å². The minimum atomic E-state index is -2.64. The molecule has 1 saturated heterocycles. The van der Waals surface area contributed by atoms with Crippen LogP contribution in [0.5, 0.6) is 23.0 Å². The van der Waals surface area contributed by atoms with Crippen LogP contribution in [-0.2, 0) is 87.1 Å². The van der Waals surface area contributed by atoms with Crippen LogP contribution in [0.3, 0.4) is 0 Å². The topological polar surface area (TPSA) is 328 Å². The summed E-state index contributed by atoms with van der Waals surface area (Å²) in [6.45, 7) is 23.1. The van der Waals surface area contributed by atoms with E-state index in [2.05, 4.69) is 44.5 Å². The van der Waals surface area contributed by atoms with Crippen LogP contribution in [0, 0.1) is 11.8 Å². The first-order valence-corrected chi connectivity index (χ1v) is 42.0. The fraction of sp³-hybridized carbons (Fsp3) is 0.605. The van der Waals surface area contributed by atoms with Crippen molar-refractivity contribution in [2.24, 2.45) is 11.8 Å². The highest BCUT2D eigenvalue weighted by Gasteiger charge is 2.49. The molecule has 1 radical (unpaired) electrons. The van der Waals surface area contributed by atoms with Crippen LogP contribution in [0.1, 0.15) is 144 Å². The third-order valence-electron chi connectivity index (χ3n) is 20.5. The fourth-order valence-electron chi connectivity index (χ4n) is 13.2. The standard InChI is InChI=1S/C81H114BN6O23Si/c1-55(2)76(84-73(93)25-31-102-33-35-104-37-39-106-41-43-108-45-44-107-42-40-105-38-36-103-34-32-101-28-15-16-61(90)24-27-86-74(94)22-23-75(86)95)68(92)46-56(3)77(96)83-60-20-18-57(19-21-60)59-47-66-80(111-112(9,10)81(4,5)6)88(82-54-89)65-52-72(70(100-8)51-63(65)79(98)87(66)53-59)110-30-13-11-12-29-109-71-49-58-48-67(91)64-17-14-26-85(64)78(97)62(58)50-69(71)99-7/h18-23,49-56,64,66,76,80H,11-17,24-48H2,1-10H3,(H,83,96)(H,84,93)/t56-,64+,66+,76+,80+/m1/s1. The summed E-state index contributed by atoms with van der Waals surface area (Å²) in [5.41, 5.74) is 3.91. The molecule has 1 fully saturated rings. The molecule has 0 unspecified atom stereocenters. The highest BCUT2D eigenvalue weighted by molar-refractivity contribution is 6.74. The molecule has 2 N–H and O–H groups in total. The van der Waals surface area contributed by atoms with Crippen molar-refractivity contribution in [2.45, 2.75) is 161 Å². The smallest absolute Gasteiger partial charge is 0.331 e. The Bertz CT molecular complexity index is 3720. The van der Waals surface area contributed by atoms with E-state index in [1.807, 2.05) is 32.2 Å². The summed E-state index contributed by atoms with van der Waals surface area (Å²) in [6, 6.07) is 12.3. The zero-order valence-electron chi connectivity index (χ0n) is 66.8. The Morgan fingerprint density at radius 2 is 1.18 bits per heavy atom. The number of benzene rings is 3. The van der Waals surface area contributed by atoms with Crippen LogP contribution in [0.15, 0.2) is 66.9 Å². The summed E-state index contributed by atoms with van der Waals surface area (Å²) in [4.78, 5) is 136. The number of anilines is 2. The molecule has 31 heteroatoms. The maximum atomic E-state index is 15.1. The summed E-state index contributed by atoms with van der Waals surface area (Å²) >= 11 is 0. The molecule has 0 spiro atoms. The minimum Gasteiger partial charge on any atom is -0.493 e. The molecule has 0 aliphatic carbocycles. The zero-order chi connectivity index (χ0) is 80.7. The summed E-state index contributed by atoms with van der Waals surface area (Å²) in [6.07, 6.45) is 9.03. The van der Waals surface area contributed by atoms with Crippen LogP contribution in [0.25, 0.3) is 5.57 Å². The molecule has 5 atom stereocenters. The van der Waals surface area contributed by atoms with Gasteiger partial charge in [0.05, 0.1) is 150 Å². The number of unbranched alkanes of at least 4 members (excludes halogenated alkanes) is 2. The third-order valence-corrected chi connectivity index (χ3v) is 24.9. The third kappa shape index (κ3) is 26.2. The molecule has 5 aliphatic heterocycles. The summed E-state index contributed by atoms with van der Waals surface area (Å²) < 4.78 is 75.7. The van der Waals surface area contributed by atoms with Gasteiger partial charge in [0.2, 0.25) is 11.8 Å². The zero-order valence-corrected chi connectivity index (χ0v) is 67.8. The monoisotopic (exact) mass is 1580 g/mol. The van der Waals surface area contributed by atoms with E-state index in [4.69, 9.17) is 61.3 Å². The van der Waals surface area contributed by atoms with Gasteiger partial charge in [-0.15, -0.1) is 0 Å². The molecular weight excluding hydrogens is 1460 g/mol. The summed E-state index contributed by atoms with van der Waals surface area (Å²) in [5.74, 6) is -1.64. The van der Waals surface area contributed by atoms with Gasteiger partial charge in [0.15, 0.2) is 42.9 Å². The molecule has 112 heavy (non-hydrogen) atoms. The van der Waals surface area contributed by atoms with E-state index >= 15 is 4.79 Å². The number of nitrogens with zero attached hydrogens (tertiary/aromatic N) is 4. The van der Waals surface area contributed by atoms with Gasteiger partial charge in [0.1, 0.15) is 18.2 Å². The van der Waals surface area contributed by atoms with Gasteiger partial charge < -0.3 is 91.3 Å². The molecule has 613 valence electrons. The van der Waals surface area contributed by atoms with E-state index in [1.165, 1.54) is 33.8 Å². The number of hydrogen-bond donors (Lipinski definition) is 2. The fourth-order valence-corrected chi connectivity index (χ4v) is 14.4. The normalized spacial score (nSPS) is 17.4. The first-order chi connectivity index (χ1) is 53.8. The van der Waals surface area contributed by atoms with Crippen LogP contribution in [-0.4, -0.2) is 260 Å². The van der Waals surface area contributed by atoms with Crippen molar-refractivity contribution >= 4 is 91.7 Å². The summed E-state index contributed by atoms with van der Waals surface area (Å²) in [5, 5.41) is 5.52. The second kappa shape index (κ2) is 45.0. The van der Waals surface area contributed by atoms with Crippen LogP contribution in [0.2, 0.25) is 18.1 Å². The number of amides is 6. The van der Waals surface area contributed by atoms with E-state index in [0.29, 0.717) is 202 Å². The van der Waals surface area contributed by atoms with Gasteiger partial charge in [0, 0.05) is 99.1 Å². The quantitative estimate of drug-likeness (QED) is 0.0233. The Balaban J connectivity index is 0.693. The minimum absolute atomic E-state index is 0.0245. The number of Topliss-reactive ketones (excluding diaryl/α,β-unsaturated/α-hetero) is 3. The predicted molar refractivity (Wildman–Crippen MR) is 420 cm³/mol. The lowest BCUT2D eigenvalue weighted by Crippen LogP contribution is -2.57. The molecular formula is C81H114BN6O23Si. The van der Waals surface area contributed by atoms with Gasteiger partial charge >= 0.3 is 7.41 Å². The second-order valence-corrected chi connectivity index (χ2v) is 34.7. The van der Waals surface area contributed by atoms with Gasteiger partial charge in [-0.1, -0.05) is 53.7 Å². The van der Waals surface area contributed by atoms with Gasteiger partial charge in [-0.25, -0.2) is 0 Å². The molecule has 5 aliphatic rings. The average molecular weight is 1580 g/mol. The summed E-state index contributed by atoms with van der Waals surface area (Å²) in [7, 11) is 1.79. The van der Waals surface area contributed by atoms with Crippen molar-refractivity contribution in [1.29, 1.82) is 0 Å². The van der Waals surface area contributed by atoms with Crippen LogP contribution >= 0.6 is 0 Å². The second-order valence-electron chi connectivity index (χ2n) is 30.0. The maximum Gasteiger partial charge on any atom is 0.331 e. The van der Waals surface area contributed by atoms with Crippen molar-refractivity contribution < 1.29 is 109 Å². The number of imide groups is 1. The van der Waals surface area contributed by atoms with E-state index in [0.717, 1.165) is 28.9 Å². The SMILES string of the molecule is COc1cc2c(cc1OCCCCCOc1cc3c(cc1OC)C(=O)N1C=C(c4ccc(NC(=O)[C@H](C)CC(=O)[C@@H](NC(=O)CCOCCOCCOCCOCCOCCOCCOCCOCCCC(=O)CCN5C(=O)C=CC5=O)C(C)C)cc4)C[C@H]1[C@H](O[Si](C)(C)C(C)(C)C)N3[B]C=O)CC(=O)[C@@H]1CCCN1C2=O. The van der Waals surface area contributed by atoms with Crippen molar-refractivity contribution in [1.82, 2.24) is 20.0 Å². The molecule has 29 nitrogen and oxygen atoms in total. The first-order valence-electron chi connectivity index (χ1n) is 39.0. The van der Waals surface area contributed by atoms with Crippen LogP contribution < -0.4 is 34.4 Å². The number of ketones is 3. The van der Waals surface area contributed by atoms with Crippen LogP contribution in [0.4, 0.5) is 11.4 Å². The van der Waals surface area contributed by atoms with E-state index in [1.54, 1.807) is 57.9 Å². The number of carbonyl (C=O) groups excluding carboxylic acids is 10. The van der Waals surface area contributed by atoms with Gasteiger partial charge in [0.25, 0.3) is 23.6 Å². The Hall–Kier alpha value is -8.24. The molecule has 6 amide bonds. The maximum absolute atomic E-state index is 15.1. The van der Waals surface area contributed by atoms with Gasteiger partial charge in [-0.2, -0.15) is 0 Å². The number of nitrogens with one attached hydrogen (secondary N) is 2. The molecule has 0 saturated carbocycles. The number of methoxy groups -OCH3 is 2. The Morgan fingerprint density at radius 3 is 1.72 bits per heavy atom. The van der Waals surface area contributed by atoms with Crippen molar-refractivity contribution in [3.05, 3.63) is 89.1 Å². The van der Waals surface area contributed by atoms with Gasteiger partial charge in [-0.05, 0) is 116 Å². The average Bonchev–Trinajstić information content (AvgIpc) is 1.58. The molecule has 0 aromatic heterocycles. The molecule has 5 heterocycles. The van der Waals surface area contributed by atoms with Gasteiger partial charge in [-0.3, -0.25) is 48.1 Å². The largest absolute Gasteiger partial charge is 0.493 e. The van der Waals surface area contributed by atoms with Crippen molar-refractivity contribution in [2.75, 3.05) is 156 Å². The Labute approximate surface area is 659 Å². The molecule has 3 aromatic carbocycles. The first kappa shape index (κ1) is 89.3. The Morgan fingerprint density at radius 1 is 0.634 bits per heavy atom. The van der Waals surface area contributed by atoms with Crippen molar-refractivity contribution in [3.8, 4) is 23.0 Å². The lowest BCUT2D eigenvalue weighted by atomic mass is 9.90. The lowest BCUT2D eigenvalue weighted by molar-refractivity contribution is -0.137. The number of ether oxygens (including phenoxy) is 12. The number of hydrogen-bond acceptors (Lipinski definition) is 24. The number of fused-ring (bicyclic) bond motifs is 4. The van der Waals surface area contributed by atoms with E-state index in [9.17, 15) is 43.2 Å². The number of carbonyl (C=O) groups is 10. The molecule has 3 aromatic rings. The molecule has 0 bridgehead atoms. The van der Waals surface area contributed by atoms with Crippen molar-refractivity contribution in [3.63, 3.8) is 0 Å². The van der Waals surface area contributed by atoms with E-state index < -0.39 is 32.5 Å². The molecule has 8 rings (SSSR count). The predicted octanol–water partition coefficient (Wildman–Crippen LogP) is 8.16. The lowest BCUT2D eigenvalue weighted by Gasteiger charge is -2.45. The number of rotatable bonds is 53. The Kier molecular flexibility index (Phi) is 35.9.